The Morgan fingerprint density at radius 3 is 2.71 bits per heavy atom. The number of amides is 1. The number of nitrogens with zero attached hydrogens (tertiary/aromatic N) is 2. The van der Waals surface area contributed by atoms with Crippen LogP contribution in [-0.2, 0) is 17.8 Å². The summed E-state index contributed by atoms with van der Waals surface area (Å²) in [5.74, 6) is 0. The molecule has 6 nitrogen and oxygen atoms in total. The standard InChI is InChI=1S/C15H28N4O2/c1-6-12(8-18-14(20)21-15(3,4)5)17-10-13-9-16-11-19(13)7-2/h9,11-12,17H,6-8,10H2,1-5H3,(H,18,20). The Kier molecular flexibility index (Phi) is 6.68. The summed E-state index contributed by atoms with van der Waals surface area (Å²) in [4.78, 5) is 15.8. The highest BCUT2D eigenvalue weighted by Gasteiger charge is 2.17. The van der Waals surface area contributed by atoms with E-state index in [1.54, 1.807) is 0 Å². The van der Waals surface area contributed by atoms with Crippen LogP contribution in [0.15, 0.2) is 12.5 Å². The third kappa shape index (κ3) is 6.62. The van der Waals surface area contributed by atoms with Crippen molar-refractivity contribution in [3.8, 4) is 0 Å². The monoisotopic (exact) mass is 296 g/mol. The molecule has 120 valence electrons. The van der Waals surface area contributed by atoms with Crippen LogP contribution in [0.2, 0.25) is 0 Å². The van der Waals surface area contributed by atoms with Gasteiger partial charge in [-0.2, -0.15) is 0 Å². The number of aryl methyl sites for hydroxylation is 1. The molecule has 2 N–H and O–H groups in total. The lowest BCUT2D eigenvalue weighted by Gasteiger charge is -2.22. The van der Waals surface area contributed by atoms with E-state index in [1.165, 1.54) is 0 Å². The zero-order valence-corrected chi connectivity index (χ0v) is 13.8. The minimum atomic E-state index is -0.465. The molecule has 1 heterocycles. The van der Waals surface area contributed by atoms with E-state index in [9.17, 15) is 4.79 Å². The van der Waals surface area contributed by atoms with E-state index >= 15 is 0 Å². The Balaban J connectivity index is 2.37. The lowest BCUT2D eigenvalue weighted by molar-refractivity contribution is 0.0522. The Labute approximate surface area is 127 Å². The summed E-state index contributed by atoms with van der Waals surface area (Å²) < 4.78 is 7.33. The molecule has 0 bridgehead atoms. The van der Waals surface area contributed by atoms with E-state index in [2.05, 4.69) is 34.0 Å². The predicted molar refractivity (Wildman–Crippen MR) is 83.1 cm³/mol. The van der Waals surface area contributed by atoms with Crippen molar-refractivity contribution in [2.75, 3.05) is 6.54 Å². The van der Waals surface area contributed by atoms with E-state index in [0.717, 1.165) is 25.2 Å². The SMILES string of the molecule is CCC(CNC(=O)OC(C)(C)C)NCc1cncn1CC. The van der Waals surface area contributed by atoms with Gasteiger partial charge in [0.1, 0.15) is 5.60 Å². The summed E-state index contributed by atoms with van der Waals surface area (Å²) >= 11 is 0. The maximum atomic E-state index is 11.6. The number of carbonyl (C=O) groups is 1. The van der Waals surface area contributed by atoms with Crippen molar-refractivity contribution in [3.63, 3.8) is 0 Å². The number of ether oxygens (including phenoxy) is 1. The van der Waals surface area contributed by atoms with Crippen LogP contribution in [-0.4, -0.2) is 33.8 Å². The molecule has 1 aromatic heterocycles. The van der Waals surface area contributed by atoms with Crippen LogP contribution in [0.3, 0.4) is 0 Å². The number of carbonyl (C=O) groups excluding carboxylic acids is 1. The van der Waals surface area contributed by atoms with Gasteiger partial charge in [0.2, 0.25) is 0 Å². The van der Waals surface area contributed by atoms with Gasteiger partial charge >= 0.3 is 6.09 Å². The maximum Gasteiger partial charge on any atom is 0.407 e. The van der Waals surface area contributed by atoms with Crippen molar-refractivity contribution in [2.45, 2.75) is 65.8 Å². The number of nitrogens with one attached hydrogen (secondary N) is 2. The predicted octanol–water partition coefficient (Wildman–Crippen LogP) is 2.30. The highest BCUT2D eigenvalue weighted by molar-refractivity contribution is 5.67. The Hall–Kier alpha value is -1.56. The van der Waals surface area contributed by atoms with E-state index in [-0.39, 0.29) is 12.1 Å². The van der Waals surface area contributed by atoms with Gasteiger partial charge in [0, 0.05) is 31.9 Å². The zero-order chi connectivity index (χ0) is 15.9. The average Bonchev–Trinajstić information content (AvgIpc) is 2.84. The van der Waals surface area contributed by atoms with Crippen LogP contribution < -0.4 is 10.6 Å². The third-order valence-corrected chi connectivity index (χ3v) is 3.10. The zero-order valence-electron chi connectivity index (χ0n) is 13.8. The molecular weight excluding hydrogens is 268 g/mol. The summed E-state index contributed by atoms with van der Waals surface area (Å²) in [6.07, 6.45) is 4.25. The first kappa shape index (κ1) is 17.5. The molecule has 0 radical (unpaired) electrons. The number of hydrogen-bond donors (Lipinski definition) is 2. The molecule has 0 fully saturated rings. The number of rotatable bonds is 7. The summed E-state index contributed by atoms with van der Waals surface area (Å²) in [6.45, 7) is 11.9. The molecule has 0 saturated carbocycles. The van der Waals surface area contributed by atoms with Crippen LogP contribution >= 0.6 is 0 Å². The van der Waals surface area contributed by atoms with Gasteiger partial charge in [-0.25, -0.2) is 9.78 Å². The van der Waals surface area contributed by atoms with Gasteiger partial charge in [0.25, 0.3) is 0 Å². The van der Waals surface area contributed by atoms with Crippen molar-refractivity contribution >= 4 is 6.09 Å². The third-order valence-electron chi connectivity index (χ3n) is 3.10. The number of aromatic nitrogens is 2. The summed E-state index contributed by atoms with van der Waals surface area (Å²) in [7, 11) is 0. The summed E-state index contributed by atoms with van der Waals surface area (Å²) in [6, 6.07) is 0.206. The van der Waals surface area contributed by atoms with Crippen LogP contribution in [0.5, 0.6) is 0 Å². The molecule has 6 heteroatoms. The minimum absolute atomic E-state index is 0.206. The van der Waals surface area contributed by atoms with Gasteiger partial charge in [-0.1, -0.05) is 6.92 Å². The first-order valence-electron chi connectivity index (χ1n) is 7.55. The highest BCUT2D eigenvalue weighted by atomic mass is 16.6. The van der Waals surface area contributed by atoms with Gasteiger partial charge in [-0.15, -0.1) is 0 Å². The molecule has 1 aromatic rings. The van der Waals surface area contributed by atoms with Crippen molar-refractivity contribution < 1.29 is 9.53 Å². The van der Waals surface area contributed by atoms with Gasteiger partial charge < -0.3 is 19.9 Å². The fraction of sp³-hybridized carbons (Fsp3) is 0.733. The Morgan fingerprint density at radius 2 is 2.14 bits per heavy atom. The van der Waals surface area contributed by atoms with Crippen molar-refractivity contribution in [2.24, 2.45) is 0 Å². The topological polar surface area (TPSA) is 68.2 Å². The van der Waals surface area contributed by atoms with Crippen molar-refractivity contribution in [1.82, 2.24) is 20.2 Å². The van der Waals surface area contributed by atoms with Gasteiger partial charge in [0.15, 0.2) is 0 Å². The molecule has 0 aliphatic rings. The van der Waals surface area contributed by atoms with Crippen LogP contribution in [0.25, 0.3) is 0 Å². The number of alkyl carbamates (subject to hydrolysis) is 1. The number of hydrogen-bond acceptors (Lipinski definition) is 4. The second kappa shape index (κ2) is 8.02. The fourth-order valence-electron chi connectivity index (χ4n) is 1.91. The van der Waals surface area contributed by atoms with Gasteiger partial charge in [-0.3, -0.25) is 0 Å². The van der Waals surface area contributed by atoms with E-state index in [1.807, 2.05) is 33.3 Å². The maximum absolute atomic E-state index is 11.6. The molecule has 1 unspecified atom stereocenters. The first-order chi connectivity index (χ1) is 9.85. The highest BCUT2D eigenvalue weighted by Crippen LogP contribution is 2.06. The van der Waals surface area contributed by atoms with Gasteiger partial charge in [0.05, 0.1) is 12.0 Å². The second-order valence-electron chi connectivity index (χ2n) is 6.04. The molecule has 0 aromatic carbocycles. The molecule has 0 spiro atoms. The lowest BCUT2D eigenvalue weighted by Crippen LogP contribution is -2.42. The lowest BCUT2D eigenvalue weighted by atomic mass is 10.2. The molecule has 0 aliphatic carbocycles. The molecular formula is C15H28N4O2. The van der Waals surface area contributed by atoms with Crippen molar-refractivity contribution in [3.05, 3.63) is 18.2 Å². The smallest absolute Gasteiger partial charge is 0.407 e. The van der Waals surface area contributed by atoms with E-state index < -0.39 is 5.60 Å². The number of imidazole rings is 1. The summed E-state index contributed by atoms with van der Waals surface area (Å²) in [5.41, 5.74) is 0.681. The average molecular weight is 296 g/mol. The normalized spacial score (nSPS) is 13.0. The largest absolute Gasteiger partial charge is 0.444 e. The van der Waals surface area contributed by atoms with Crippen LogP contribution in [0.4, 0.5) is 4.79 Å². The molecule has 1 amide bonds. The Bertz CT molecular complexity index is 437. The Morgan fingerprint density at radius 1 is 1.43 bits per heavy atom. The van der Waals surface area contributed by atoms with E-state index in [4.69, 9.17) is 4.74 Å². The minimum Gasteiger partial charge on any atom is -0.444 e. The van der Waals surface area contributed by atoms with E-state index in [0.29, 0.717) is 6.54 Å². The van der Waals surface area contributed by atoms with Crippen LogP contribution in [0, 0.1) is 0 Å². The molecule has 0 saturated heterocycles. The van der Waals surface area contributed by atoms with Crippen molar-refractivity contribution in [1.29, 1.82) is 0 Å². The first-order valence-corrected chi connectivity index (χ1v) is 7.55. The molecule has 0 aliphatic heterocycles. The molecule has 1 rings (SSSR count). The molecule has 1 atom stereocenters. The molecule has 21 heavy (non-hydrogen) atoms. The quantitative estimate of drug-likeness (QED) is 0.810. The second-order valence-corrected chi connectivity index (χ2v) is 6.04. The summed E-state index contributed by atoms with van der Waals surface area (Å²) in [5, 5.41) is 6.24. The fourth-order valence-corrected chi connectivity index (χ4v) is 1.91. The van der Waals surface area contributed by atoms with Crippen LogP contribution in [0.1, 0.15) is 46.7 Å². The van der Waals surface area contributed by atoms with Gasteiger partial charge in [-0.05, 0) is 34.1 Å².